The molecule has 0 bridgehead atoms. The molecule has 0 aliphatic heterocycles. The number of hydrogen-bond donors (Lipinski definition) is 1. The molecule has 5 rings (SSSR count). The lowest BCUT2D eigenvalue weighted by Crippen LogP contribution is -2.13. The van der Waals surface area contributed by atoms with E-state index in [1.54, 1.807) is 43.3 Å². The Kier molecular flexibility index (Phi) is 12.4. The molecule has 0 saturated heterocycles. The number of carbonyl (C=O) groups excluding carboxylic acids is 1. The molecule has 0 aliphatic carbocycles. The summed E-state index contributed by atoms with van der Waals surface area (Å²) in [5.41, 5.74) is 9.93. The minimum Gasteiger partial charge on any atom is -0.461 e. The Morgan fingerprint density at radius 2 is 1.43 bits per heavy atom. The van der Waals surface area contributed by atoms with E-state index in [2.05, 4.69) is 55.2 Å². The van der Waals surface area contributed by atoms with Crippen LogP contribution in [0.25, 0.3) is 17.1 Å². The van der Waals surface area contributed by atoms with Crippen molar-refractivity contribution in [3.05, 3.63) is 129 Å². The van der Waals surface area contributed by atoms with E-state index in [-0.39, 0.29) is 12.3 Å². The number of esters is 1. The molecule has 5 aromatic rings. The van der Waals surface area contributed by atoms with Crippen LogP contribution in [-0.2, 0) is 4.74 Å². The average molecular weight is 892 g/mol. The molecule has 4 aromatic carbocycles. The van der Waals surface area contributed by atoms with Crippen LogP contribution in [0, 0.1) is 14.1 Å². The number of rotatable bonds is 6. The molecule has 12 heteroatoms. The van der Waals surface area contributed by atoms with Crippen molar-refractivity contribution >= 4 is 109 Å². The Bertz CT molecular complexity index is 1830. The standard InChI is InChI=1S/C19H15Cl2IN2O2.C13H9Cl2IN2/c1-3-26-19(25)17-11(2)24(14-7-5-13(22)6-8-14)18(23-17)15-9-4-12(20)10-16(15)21;14-8-1-6-11(12(15)7-8)13(17)18-10-4-2-9(16)3-5-10/h4-10H,3H2,1-2H3;1-7H,(H2,17,18). The van der Waals surface area contributed by atoms with Crippen molar-refractivity contribution in [2.24, 2.45) is 10.7 Å². The third-order valence-corrected chi connectivity index (χ3v) is 8.65. The normalized spacial score (nSPS) is 11.1. The van der Waals surface area contributed by atoms with Crippen molar-refractivity contribution in [2.75, 3.05) is 6.61 Å². The van der Waals surface area contributed by atoms with Crippen LogP contribution in [0.4, 0.5) is 5.69 Å². The number of nitrogens with two attached hydrogens (primary N) is 1. The van der Waals surface area contributed by atoms with Crippen molar-refractivity contribution in [3.63, 3.8) is 0 Å². The molecule has 0 aliphatic rings. The Labute approximate surface area is 302 Å². The first kappa shape index (κ1) is 34.5. The fourth-order valence-corrected chi connectivity index (χ4v) is 5.78. The van der Waals surface area contributed by atoms with E-state index in [0.717, 1.165) is 18.5 Å². The average Bonchev–Trinajstić information content (AvgIpc) is 3.31. The summed E-state index contributed by atoms with van der Waals surface area (Å²) in [6.07, 6.45) is 0. The number of aromatic nitrogens is 2. The minimum atomic E-state index is -0.458. The summed E-state index contributed by atoms with van der Waals surface area (Å²) in [5.74, 6) is 0.479. The van der Waals surface area contributed by atoms with Gasteiger partial charge in [0.2, 0.25) is 0 Å². The van der Waals surface area contributed by atoms with Gasteiger partial charge in [0.1, 0.15) is 11.7 Å². The summed E-state index contributed by atoms with van der Waals surface area (Å²) >= 11 is 28.8. The van der Waals surface area contributed by atoms with Gasteiger partial charge in [0, 0.05) is 34.0 Å². The maximum atomic E-state index is 12.3. The number of imidazole rings is 1. The van der Waals surface area contributed by atoms with Gasteiger partial charge in [-0.25, -0.2) is 14.8 Å². The molecular formula is C32H24Cl4I2N4O2. The summed E-state index contributed by atoms with van der Waals surface area (Å²) in [6.45, 7) is 3.89. The molecule has 1 aromatic heterocycles. The summed E-state index contributed by atoms with van der Waals surface area (Å²) in [5, 5.41) is 2.07. The number of amidine groups is 1. The van der Waals surface area contributed by atoms with Crippen LogP contribution in [-0.4, -0.2) is 28.0 Å². The molecule has 0 fully saturated rings. The lowest BCUT2D eigenvalue weighted by molar-refractivity contribution is 0.0519. The largest absolute Gasteiger partial charge is 0.461 e. The topological polar surface area (TPSA) is 82.5 Å². The van der Waals surface area contributed by atoms with Crippen LogP contribution in [0.2, 0.25) is 20.1 Å². The quantitative estimate of drug-likeness (QED) is 0.0797. The summed E-state index contributed by atoms with van der Waals surface area (Å²) in [7, 11) is 0. The van der Waals surface area contributed by atoms with E-state index >= 15 is 0 Å². The molecule has 0 amide bonds. The van der Waals surface area contributed by atoms with Gasteiger partial charge in [0.05, 0.1) is 28.0 Å². The molecule has 0 atom stereocenters. The van der Waals surface area contributed by atoms with Crippen LogP contribution >= 0.6 is 91.6 Å². The predicted molar refractivity (Wildman–Crippen MR) is 198 cm³/mol. The first-order chi connectivity index (χ1) is 21.0. The molecule has 6 nitrogen and oxygen atoms in total. The van der Waals surface area contributed by atoms with Gasteiger partial charge in [-0.3, -0.25) is 4.57 Å². The van der Waals surface area contributed by atoms with Crippen LogP contribution < -0.4 is 5.73 Å². The van der Waals surface area contributed by atoms with Gasteiger partial charge in [-0.2, -0.15) is 0 Å². The number of benzene rings is 4. The monoisotopic (exact) mass is 890 g/mol. The molecule has 2 N–H and O–H groups in total. The first-order valence-electron chi connectivity index (χ1n) is 13.0. The number of halogens is 6. The third-order valence-electron chi connectivity index (χ3n) is 6.12. The molecule has 0 spiro atoms. The molecule has 0 saturated carbocycles. The molecular weight excluding hydrogens is 868 g/mol. The van der Waals surface area contributed by atoms with E-state index < -0.39 is 5.97 Å². The summed E-state index contributed by atoms with van der Waals surface area (Å²) in [4.78, 5) is 21.2. The lowest BCUT2D eigenvalue weighted by Gasteiger charge is -2.12. The second kappa shape index (κ2) is 15.8. The SMILES string of the molecule is CCOC(=O)c1nc(-c2ccc(Cl)cc2Cl)n(-c2ccc(I)cc2)c1C.NC(=Nc1ccc(I)cc1)c1ccc(Cl)cc1Cl. The van der Waals surface area contributed by atoms with Crippen LogP contribution in [0.5, 0.6) is 0 Å². The maximum Gasteiger partial charge on any atom is 0.358 e. The number of ether oxygens (including phenoxy) is 1. The smallest absolute Gasteiger partial charge is 0.358 e. The van der Waals surface area contributed by atoms with E-state index in [1.807, 2.05) is 60.0 Å². The fraction of sp³-hybridized carbons (Fsp3) is 0.0938. The van der Waals surface area contributed by atoms with E-state index in [4.69, 9.17) is 56.9 Å². The van der Waals surface area contributed by atoms with Gasteiger partial charge in [-0.15, -0.1) is 0 Å². The van der Waals surface area contributed by atoms with Crippen molar-refractivity contribution in [1.29, 1.82) is 0 Å². The van der Waals surface area contributed by atoms with Crippen LogP contribution in [0.3, 0.4) is 0 Å². The summed E-state index contributed by atoms with van der Waals surface area (Å²) in [6, 6.07) is 26.0. The highest BCUT2D eigenvalue weighted by Gasteiger charge is 2.23. The zero-order valence-electron chi connectivity index (χ0n) is 23.3. The number of carbonyl (C=O) groups is 1. The van der Waals surface area contributed by atoms with E-state index in [1.165, 1.54) is 0 Å². The van der Waals surface area contributed by atoms with Crippen LogP contribution in [0.1, 0.15) is 28.7 Å². The Morgan fingerprint density at radius 3 is 2.00 bits per heavy atom. The van der Waals surface area contributed by atoms with Gasteiger partial charge >= 0.3 is 5.97 Å². The highest BCUT2D eigenvalue weighted by Crippen LogP contribution is 2.33. The number of aliphatic imine (C=N–C) groups is 1. The summed E-state index contributed by atoms with van der Waals surface area (Å²) < 4.78 is 9.31. The van der Waals surface area contributed by atoms with Gasteiger partial charge < -0.3 is 10.5 Å². The van der Waals surface area contributed by atoms with Gasteiger partial charge in [-0.05, 0) is 144 Å². The van der Waals surface area contributed by atoms with Crippen molar-refractivity contribution in [3.8, 4) is 17.1 Å². The Balaban J connectivity index is 0.000000215. The van der Waals surface area contributed by atoms with Crippen molar-refractivity contribution in [1.82, 2.24) is 9.55 Å². The molecule has 44 heavy (non-hydrogen) atoms. The van der Waals surface area contributed by atoms with Crippen molar-refractivity contribution in [2.45, 2.75) is 13.8 Å². The maximum absolute atomic E-state index is 12.3. The van der Waals surface area contributed by atoms with Crippen molar-refractivity contribution < 1.29 is 9.53 Å². The van der Waals surface area contributed by atoms with E-state index in [0.29, 0.717) is 48.6 Å². The first-order valence-corrected chi connectivity index (χ1v) is 16.7. The second-order valence-electron chi connectivity index (χ2n) is 9.12. The molecule has 0 unspecified atom stereocenters. The Hall–Kier alpha value is -2.35. The lowest BCUT2D eigenvalue weighted by atomic mass is 10.2. The number of hydrogen-bond acceptors (Lipinski definition) is 4. The highest BCUT2D eigenvalue weighted by atomic mass is 127. The highest BCUT2D eigenvalue weighted by molar-refractivity contribution is 14.1. The second-order valence-corrected chi connectivity index (χ2v) is 13.3. The molecule has 0 radical (unpaired) electrons. The van der Waals surface area contributed by atoms with Gasteiger partial charge in [-0.1, -0.05) is 46.4 Å². The predicted octanol–water partition coefficient (Wildman–Crippen LogP) is 10.6. The van der Waals surface area contributed by atoms with Gasteiger partial charge in [0.25, 0.3) is 0 Å². The zero-order chi connectivity index (χ0) is 32.0. The Morgan fingerprint density at radius 1 is 0.864 bits per heavy atom. The fourth-order valence-electron chi connectivity index (χ4n) is 4.06. The molecule has 226 valence electrons. The molecule has 1 heterocycles. The minimum absolute atomic E-state index is 0.270. The van der Waals surface area contributed by atoms with Crippen LogP contribution in [0.15, 0.2) is 89.9 Å². The van der Waals surface area contributed by atoms with Gasteiger partial charge in [0.15, 0.2) is 5.69 Å². The zero-order valence-corrected chi connectivity index (χ0v) is 30.6. The third kappa shape index (κ3) is 8.67. The number of nitrogens with zero attached hydrogens (tertiary/aromatic N) is 3. The van der Waals surface area contributed by atoms with E-state index in [9.17, 15) is 4.79 Å².